The number of nitrogens with one attached hydrogen (secondary N) is 3. The zero-order valence-electron chi connectivity index (χ0n) is 9.87. The van der Waals surface area contributed by atoms with Gasteiger partial charge in [-0.05, 0) is 12.1 Å². The van der Waals surface area contributed by atoms with Crippen LogP contribution in [0.1, 0.15) is 0 Å². The Labute approximate surface area is 117 Å². The molecule has 4 N–H and O–H groups in total. The smallest absolute Gasteiger partial charge is 0.289 e. The van der Waals surface area contributed by atoms with Gasteiger partial charge in [0.15, 0.2) is 0 Å². The topological polar surface area (TPSA) is 82.9 Å². The summed E-state index contributed by atoms with van der Waals surface area (Å²) in [7, 11) is 0. The molecule has 0 bridgehead atoms. The van der Waals surface area contributed by atoms with E-state index in [-0.39, 0.29) is 16.7 Å². The molecule has 2 rings (SSSR count). The van der Waals surface area contributed by atoms with E-state index in [9.17, 15) is 23.5 Å². The van der Waals surface area contributed by atoms with E-state index >= 15 is 0 Å². The number of quaternary nitrogens is 1. The van der Waals surface area contributed by atoms with Crippen molar-refractivity contribution in [3.05, 3.63) is 41.3 Å². The molecule has 0 aliphatic carbocycles. The van der Waals surface area contributed by atoms with Gasteiger partial charge in [-0.3, -0.25) is 9.59 Å². The number of halogens is 2. The Morgan fingerprint density at radius 3 is 2.80 bits per heavy atom. The van der Waals surface area contributed by atoms with Crippen LogP contribution in [0.4, 0.5) is 14.5 Å². The van der Waals surface area contributed by atoms with E-state index < -0.39 is 34.9 Å². The summed E-state index contributed by atoms with van der Waals surface area (Å²) in [5.41, 5.74) is -0.925. The van der Waals surface area contributed by atoms with Gasteiger partial charge in [0.1, 0.15) is 18.3 Å². The molecule has 2 amide bonds. The number of carbonyl (C=O) groups is 2. The van der Waals surface area contributed by atoms with Gasteiger partial charge >= 0.3 is 0 Å². The van der Waals surface area contributed by atoms with Crippen LogP contribution in [-0.2, 0) is 22.4 Å². The number of aliphatic hydroxyl groups excluding tert-OH is 1. The molecule has 1 aromatic rings. The Bertz CT molecular complexity index is 621. The molecule has 0 aromatic heterocycles. The molecule has 0 fully saturated rings. The number of amides is 2. The van der Waals surface area contributed by atoms with Gasteiger partial charge < -0.3 is 32.9 Å². The molecular formula is C11H9F2N3O3S. The van der Waals surface area contributed by atoms with Crippen molar-refractivity contribution < 1.29 is 27.8 Å². The van der Waals surface area contributed by atoms with Crippen molar-refractivity contribution in [2.75, 3.05) is 12.0 Å². The third-order valence-electron chi connectivity index (χ3n) is 2.54. The first-order valence-corrected chi connectivity index (χ1v) is 5.82. The molecule has 1 aliphatic heterocycles. The zero-order chi connectivity index (χ0) is 14.9. The van der Waals surface area contributed by atoms with Crippen LogP contribution in [0.15, 0.2) is 29.7 Å². The Balaban J connectivity index is 2.27. The van der Waals surface area contributed by atoms with Crippen LogP contribution in [0, 0.1) is 11.6 Å². The third-order valence-corrected chi connectivity index (χ3v) is 2.88. The van der Waals surface area contributed by atoms with E-state index in [4.69, 9.17) is 12.8 Å². The third kappa shape index (κ3) is 2.73. The van der Waals surface area contributed by atoms with Crippen molar-refractivity contribution in [2.24, 2.45) is 0 Å². The van der Waals surface area contributed by atoms with Gasteiger partial charge in [-0.2, -0.15) is 0 Å². The molecule has 106 valence electrons. The molecule has 1 aliphatic rings. The Morgan fingerprint density at radius 1 is 1.45 bits per heavy atom. The number of carbonyl (C=O) groups excluding carboxylic acids is 2. The predicted octanol–water partition coefficient (Wildman–Crippen LogP) is -0.893. The van der Waals surface area contributed by atoms with E-state index in [1.54, 1.807) is 0 Å². The van der Waals surface area contributed by atoms with Crippen LogP contribution in [0.5, 0.6) is 0 Å². The summed E-state index contributed by atoms with van der Waals surface area (Å²) in [5.74, 6) is -4.29. The standard InChI is InChI=1S/C11H9F2N3O3S/c12-5-1-2-7(6(13)3-5)15-10(18)8-9(17)14-4-16(20)11(8)19/h1-3,16,19H,4H2,(H,14,17)(H,15,18). The lowest BCUT2D eigenvalue weighted by Crippen LogP contribution is -3.09. The van der Waals surface area contributed by atoms with E-state index in [0.29, 0.717) is 6.07 Å². The average molecular weight is 301 g/mol. The maximum Gasteiger partial charge on any atom is 0.289 e. The first kappa shape index (κ1) is 14.3. The fraction of sp³-hybridized carbons (Fsp3) is 0.0909. The van der Waals surface area contributed by atoms with Gasteiger partial charge in [0.25, 0.3) is 17.7 Å². The summed E-state index contributed by atoms with van der Waals surface area (Å²) in [5, 5.41) is 14.0. The SMILES string of the molecule is O=C1NC[NH+]([S-])C(O)=C1C(=O)Nc1ccc(F)cc1F. The number of hydrogen-bond donors (Lipinski definition) is 4. The summed E-state index contributed by atoms with van der Waals surface area (Å²) < 4.78 is 26.1. The van der Waals surface area contributed by atoms with E-state index in [1.165, 1.54) is 0 Å². The Morgan fingerprint density at radius 2 is 2.15 bits per heavy atom. The van der Waals surface area contributed by atoms with Gasteiger partial charge in [0, 0.05) is 6.07 Å². The largest absolute Gasteiger partial charge is 0.485 e. The van der Waals surface area contributed by atoms with Crippen LogP contribution < -0.4 is 14.9 Å². The second kappa shape index (κ2) is 5.47. The fourth-order valence-corrected chi connectivity index (χ4v) is 1.74. The molecule has 9 heteroatoms. The molecule has 0 radical (unpaired) electrons. The van der Waals surface area contributed by atoms with Gasteiger partial charge in [-0.1, -0.05) is 0 Å². The lowest BCUT2D eigenvalue weighted by Gasteiger charge is -2.27. The average Bonchev–Trinajstić information content (AvgIpc) is 2.38. The van der Waals surface area contributed by atoms with Crippen LogP contribution in [0.25, 0.3) is 0 Å². The normalized spacial score (nSPS) is 18.8. The van der Waals surface area contributed by atoms with Crippen LogP contribution in [0.2, 0.25) is 0 Å². The van der Waals surface area contributed by atoms with Crippen molar-refractivity contribution in [3.63, 3.8) is 0 Å². The highest BCUT2D eigenvalue weighted by atomic mass is 32.1. The Hall–Kier alpha value is -2.13. The molecule has 6 nitrogen and oxygen atoms in total. The highest BCUT2D eigenvalue weighted by molar-refractivity contribution is 7.51. The van der Waals surface area contributed by atoms with Crippen molar-refractivity contribution in [1.82, 2.24) is 5.32 Å². The van der Waals surface area contributed by atoms with Crippen molar-refractivity contribution in [1.29, 1.82) is 0 Å². The van der Waals surface area contributed by atoms with E-state index in [2.05, 4.69) is 10.6 Å². The minimum atomic E-state index is -1.03. The van der Waals surface area contributed by atoms with Crippen molar-refractivity contribution >= 4 is 30.3 Å². The molecule has 1 atom stereocenters. The quantitative estimate of drug-likeness (QED) is 0.422. The highest BCUT2D eigenvalue weighted by Gasteiger charge is 2.31. The molecule has 0 spiro atoms. The van der Waals surface area contributed by atoms with Crippen molar-refractivity contribution in [3.8, 4) is 0 Å². The number of aliphatic hydroxyl groups is 1. The van der Waals surface area contributed by atoms with Gasteiger partial charge in [-0.25, -0.2) is 8.78 Å². The minimum Gasteiger partial charge on any atom is -0.485 e. The van der Waals surface area contributed by atoms with Crippen LogP contribution in [0.3, 0.4) is 0 Å². The number of anilines is 1. The molecule has 1 aromatic carbocycles. The lowest BCUT2D eigenvalue weighted by molar-refractivity contribution is -0.734. The van der Waals surface area contributed by atoms with Crippen molar-refractivity contribution in [2.45, 2.75) is 0 Å². The first-order valence-electron chi connectivity index (χ1n) is 5.41. The molecule has 20 heavy (non-hydrogen) atoms. The van der Waals surface area contributed by atoms with E-state index in [1.807, 2.05) is 0 Å². The highest BCUT2D eigenvalue weighted by Crippen LogP contribution is 2.16. The molecule has 0 saturated heterocycles. The number of benzene rings is 1. The molecule has 1 heterocycles. The fourth-order valence-electron chi connectivity index (χ4n) is 1.57. The van der Waals surface area contributed by atoms with Gasteiger partial charge in [-0.15, -0.1) is 0 Å². The Kier molecular flexibility index (Phi) is 3.91. The number of hydrogen-bond acceptors (Lipinski definition) is 4. The lowest BCUT2D eigenvalue weighted by atomic mass is 10.2. The maximum atomic E-state index is 13.4. The van der Waals surface area contributed by atoms with Gasteiger partial charge in [0.05, 0.1) is 5.69 Å². The molecular weight excluding hydrogens is 292 g/mol. The number of rotatable bonds is 2. The summed E-state index contributed by atoms with van der Waals surface area (Å²) in [6, 6.07) is 2.52. The first-order chi connectivity index (χ1) is 9.40. The predicted molar refractivity (Wildman–Crippen MR) is 66.0 cm³/mol. The summed E-state index contributed by atoms with van der Waals surface area (Å²) in [4.78, 5) is 23.4. The summed E-state index contributed by atoms with van der Waals surface area (Å²) in [6.45, 7) is -0.0539. The zero-order valence-corrected chi connectivity index (χ0v) is 10.7. The summed E-state index contributed by atoms with van der Waals surface area (Å²) in [6.07, 6.45) is 0. The van der Waals surface area contributed by atoms with Crippen LogP contribution in [-0.4, -0.2) is 23.6 Å². The second-order valence-electron chi connectivity index (χ2n) is 3.91. The monoisotopic (exact) mass is 301 g/mol. The van der Waals surface area contributed by atoms with Crippen LogP contribution >= 0.6 is 0 Å². The minimum absolute atomic E-state index is 0.00525. The van der Waals surface area contributed by atoms with Gasteiger partial charge in [0.2, 0.25) is 5.57 Å². The summed E-state index contributed by atoms with van der Waals surface area (Å²) >= 11 is 4.76. The second-order valence-corrected chi connectivity index (χ2v) is 4.40. The maximum absolute atomic E-state index is 13.4. The molecule has 1 unspecified atom stereocenters. The molecule has 0 saturated carbocycles. The van der Waals surface area contributed by atoms with E-state index in [0.717, 1.165) is 12.1 Å².